The Morgan fingerprint density at radius 2 is 2.17 bits per heavy atom. The number of hydrogen-bond acceptors (Lipinski definition) is 6. The Labute approximate surface area is 152 Å². The molecule has 2 aromatic heterocycles. The standard InChI is InChI=1S/C16H14ClN3O2S2/c1-10(11-5-2-3-6-12(11)17)18-14(21)9-24-16-20-19-15(22-16)13-7-4-8-23-13/h2-8,10H,9H2,1H3,(H,18,21). The summed E-state index contributed by atoms with van der Waals surface area (Å²) in [5.41, 5.74) is 0.885. The molecule has 0 aliphatic heterocycles. The fourth-order valence-electron chi connectivity index (χ4n) is 2.08. The van der Waals surface area contributed by atoms with E-state index in [9.17, 15) is 4.79 Å². The van der Waals surface area contributed by atoms with E-state index in [1.54, 1.807) is 6.07 Å². The van der Waals surface area contributed by atoms with E-state index in [1.165, 1.54) is 23.1 Å². The number of benzene rings is 1. The summed E-state index contributed by atoms with van der Waals surface area (Å²) in [6.45, 7) is 1.89. The average molecular weight is 380 g/mol. The lowest BCUT2D eigenvalue weighted by Crippen LogP contribution is -2.28. The highest BCUT2D eigenvalue weighted by Crippen LogP contribution is 2.27. The van der Waals surface area contributed by atoms with Crippen molar-refractivity contribution in [1.82, 2.24) is 15.5 Å². The molecule has 0 spiro atoms. The predicted octanol–water partition coefficient (Wildman–Crippen LogP) is 4.42. The molecule has 8 heteroatoms. The summed E-state index contributed by atoms with van der Waals surface area (Å²) >= 11 is 8.87. The van der Waals surface area contributed by atoms with E-state index in [4.69, 9.17) is 16.0 Å². The van der Waals surface area contributed by atoms with Gasteiger partial charge in [-0.1, -0.05) is 47.6 Å². The normalized spacial score (nSPS) is 12.1. The van der Waals surface area contributed by atoms with Gasteiger partial charge in [-0.05, 0) is 30.0 Å². The molecule has 124 valence electrons. The number of hydrogen-bond donors (Lipinski definition) is 1. The second-order valence-corrected chi connectivity index (χ2v) is 7.23. The summed E-state index contributed by atoms with van der Waals surface area (Å²) in [4.78, 5) is 13.0. The molecule has 0 aliphatic carbocycles. The third-order valence-corrected chi connectivity index (χ3v) is 5.23. The maximum atomic E-state index is 12.1. The smallest absolute Gasteiger partial charge is 0.277 e. The van der Waals surface area contributed by atoms with Crippen molar-refractivity contribution in [2.24, 2.45) is 0 Å². The highest BCUT2D eigenvalue weighted by Gasteiger charge is 2.15. The molecule has 0 aliphatic rings. The van der Waals surface area contributed by atoms with E-state index in [2.05, 4.69) is 15.5 Å². The van der Waals surface area contributed by atoms with Crippen LogP contribution in [-0.2, 0) is 4.79 Å². The summed E-state index contributed by atoms with van der Waals surface area (Å²) in [5.74, 6) is 0.543. The van der Waals surface area contributed by atoms with Crippen LogP contribution in [-0.4, -0.2) is 21.9 Å². The van der Waals surface area contributed by atoms with Crippen LogP contribution in [0, 0.1) is 0 Å². The monoisotopic (exact) mass is 379 g/mol. The fourth-order valence-corrected chi connectivity index (χ4v) is 3.60. The lowest BCUT2D eigenvalue weighted by molar-refractivity contribution is -0.119. The molecule has 1 atom stereocenters. The minimum absolute atomic E-state index is 0.122. The number of nitrogens with one attached hydrogen (secondary N) is 1. The van der Waals surface area contributed by atoms with Gasteiger partial charge in [-0.2, -0.15) is 0 Å². The Hall–Kier alpha value is -1.83. The van der Waals surface area contributed by atoms with Gasteiger partial charge in [-0.15, -0.1) is 21.5 Å². The summed E-state index contributed by atoms with van der Waals surface area (Å²) < 4.78 is 5.54. The molecule has 0 fully saturated rings. The Morgan fingerprint density at radius 3 is 2.92 bits per heavy atom. The quantitative estimate of drug-likeness (QED) is 0.642. The van der Waals surface area contributed by atoms with Crippen LogP contribution >= 0.6 is 34.7 Å². The van der Waals surface area contributed by atoms with Crippen LogP contribution in [0.5, 0.6) is 0 Å². The van der Waals surface area contributed by atoms with Gasteiger partial charge in [-0.3, -0.25) is 4.79 Å². The van der Waals surface area contributed by atoms with E-state index in [-0.39, 0.29) is 17.7 Å². The van der Waals surface area contributed by atoms with Crippen molar-refractivity contribution >= 4 is 40.6 Å². The number of rotatable bonds is 6. The Morgan fingerprint density at radius 1 is 1.33 bits per heavy atom. The molecule has 1 amide bonds. The van der Waals surface area contributed by atoms with Crippen molar-refractivity contribution in [1.29, 1.82) is 0 Å². The molecule has 1 N–H and O–H groups in total. The molecular formula is C16H14ClN3O2S2. The van der Waals surface area contributed by atoms with Gasteiger partial charge in [0.25, 0.3) is 11.1 Å². The first-order valence-electron chi connectivity index (χ1n) is 7.17. The molecule has 2 heterocycles. The molecule has 24 heavy (non-hydrogen) atoms. The van der Waals surface area contributed by atoms with Gasteiger partial charge < -0.3 is 9.73 Å². The second-order valence-electron chi connectivity index (χ2n) is 4.95. The van der Waals surface area contributed by atoms with E-state index >= 15 is 0 Å². The third-order valence-electron chi connectivity index (χ3n) is 3.21. The molecule has 1 unspecified atom stereocenters. The van der Waals surface area contributed by atoms with Gasteiger partial charge in [0.1, 0.15) is 0 Å². The Balaban J connectivity index is 1.53. The van der Waals surface area contributed by atoms with Gasteiger partial charge in [0.05, 0.1) is 16.7 Å². The van der Waals surface area contributed by atoms with Crippen molar-refractivity contribution in [2.45, 2.75) is 18.2 Å². The molecule has 0 saturated carbocycles. The van der Waals surface area contributed by atoms with Crippen LogP contribution in [0.25, 0.3) is 10.8 Å². The van der Waals surface area contributed by atoms with Crippen LogP contribution in [0.1, 0.15) is 18.5 Å². The van der Waals surface area contributed by atoms with Crippen molar-refractivity contribution < 1.29 is 9.21 Å². The van der Waals surface area contributed by atoms with Crippen molar-refractivity contribution in [2.75, 3.05) is 5.75 Å². The molecule has 0 bridgehead atoms. The fraction of sp³-hybridized carbons (Fsp3) is 0.188. The van der Waals surface area contributed by atoms with Crippen LogP contribution in [0.3, 0.4) is 0 Å². The number of aromatic nitrogens is 2. The second kappa shape index (κ2) is 7.83. The van der Waals surface area contributed by atoms with Gasteiger partial charge in [0.15, 0.2) is 0 Å². The number of thioether (sulfide) groups is 1. The van der Waals surface area contributed by atoms with E-state index in [0.29, 0.717) is 16.1 Å². The SMILES string of the molecule is CC(NC(=O)CSc1nnc(-c2cccs2)o1)c1ccccc1Cl. The number of halogens is 1. The third kappa shape index (κ3) is 4.17. The largest absolute Gasteiger partial charge is 0.410 e. The van der Waals surface area contributed by atoms with Crippen LogP contribution in [0.2, 0.25) is 5.02 Å². The van der Waals surface area contributed by atoms with Crippen molar-refractivity contribution in [3.63, 3.8) is 0 Å². The summed E-state index contributed by atoms with van der Waals surface area (Å²) in [6, 6.07) is 11.1. The Kier molecular flexibility index (Phi) is 5.55. The van der Waals surface area contributed by atoms with Crippen LogP contribution in [0.15, 0.2) is 51.4 Å². The van der Waals surface area contributed by atoms with Crippen LogP contribution < -0.4 is 5.32 Å². The maximum absolute atomic E-state index is 12.1. The molecule has 5 nitrogen and oxygen atoms in total. The van der Waals surface area contributed by atoms with Crippen LogP contribution in [0.4, 0.5) is 0 Å². The average Bonchev–Trinajstić information content (AvgIpc) is 3.24. The Bertz CT molecular complexity index is 820. The zero-order valence-electron chi connectivity index (χ0n) is 12.7. The van der Waals surface area contributed by atoms with E-state index in [0.717, 1.165) is 10.4 Å². The lowest BCUT2D eigenvalue weighted by atomic mass is 10.1. The zero-order chi connectivity index (χ0) is 16.9. The maximum Gasteiger partial charge on any atom is 0.277 e. The van der Waals surface area contributed by atoms with Crippen molar-refractivity contribution in [3.8, 4) is 10.8 Å². The first-order valence-corrected chi connectivity index (χ1v) is 9.42. The number of carbonyl (C=O) groups is 1. The molecule has 3 rings (SSSR count). The molecule has 1 aromatic carbocycles. The molecule has 3 aromatic rings. The topological polar surface area (TPSA) is 68.0 Å². The molecular weight excluding hydrogens is 366 g/mol. The highest BCUT2D eigenvalue weighted by molar-refractivity contribution is 7.99. The van der Waals surface area contributed by atoms with E-state index in [1.807, 2.05) is 42.6 Å². The molecule has 0 saturated heterocycles. The minimum atomic E-state index is -0.170. The van der Waals surface area contributed by atoms with E-state index < -0.39 is 0 Å². The summed E-state index contributed by atoms with van der Waals surface area (Å²) in [6.07, 6.45) is 0. The number of carbonyl (C=O) groups excluding carboxylic acids is 1. The van der Waals surface area contributed by atoms with Crippen molar-refractivity contribution in [3.05, 3.63) is 52.4 Å². The first kappa shape index (κ1) is 17.0. The summed E-state index contributed by atoms with van der Waals surface area (Å²) in [7, 11) is 0. The minimum Gasteiger partial charge on any atom is -0.410 e. The number of thiophene rings is 1. The number of amides is 1. The van der Waals surface area contributed by atoms with Gasteiger partial charge >= 0.3 is 0 Å². The van der Waals surface area contributed by atoms with Gasteiger partial charge in [0, 0.05) is 5.02 Å². The highest BCUT2D eigenvalue weighted by atomic mass is 35.5. The number of nitrogens with zero attached hydrogens (tertiary/aromatic N) is 2. The predicted molar refractivity (Wildman–Crippen MR) is 96.3 cm³/mol. The van der Waals surface area contributed by atoms with Gasteiger partial charge in [0.2, 0.25) is 5.91 Å². The lowest BCUT2D eigenvalue weighted by Gasteiger charge is -2.15. The summed E-state index contributed by atoms with van der Waals surface area (Å²) in [5, 5.41) is 13.8. The van der Waals surface area contributed by atoms with Gasteiger partial charge in [-0.25, -0.2) is 0 Å². The zero-order valence-corrected chi connectivity index (χ0v) is 15.1. The molecule has 0 radical (unpaired) electrons. The first-order chi connectivity index (χ1) is 11.6.